The number of nitrogens with zero attached hydrogens (tertiary/aromatic N) is 1. The molecule has 0 radical (unpaired) electrons. The number of likely N-dealkylation sites (tertiary alicyclic amines) is 1. The van der Waals surface area contributed by atoms with Crippen LogP contribution in [0.2, 0.25) is 0 Å². The fourth-order valence-electron chi connectivity index (χ4n) is 4.63. The molecule has 7 heteroatoms. The molecule has 0 amide bonds. The molecular formula is C28H30FNO5. The lowest BCUT2D eigenvalue weighted by Crippen LogP contribution is -2.41. The Balaban J connectivity index is 1.73. The minimum Gasteiger partial charge on any atom is -0.493 e. The summed E-state index contributed by atoms with van der Waals surface area (Å²) in [4.78, 5) is 13.9. The van der Waals surface area contributed by atoms with Gasteiger partial charge in [0.2, 0.25) is 5.75 Å². The summed E-state index contributed by atoms with van der Waals surface area (Å²) in [7, 11) is 3.14. The van der Waals surface area contributed by atoms with Crippen LogP contribution in [0.4, 0.5) is 4.39 Å². The van der Waals surface area contributed by atoms with E-state index in [9.17, 15) is 14.3 Å². The van der Waals surface area contributed by atoms with Crippen LogP contribution in [0.3, 0.4) is 0 Å². The van der Waals surface area contributed by atoms with Crippen molar-refractivity contribution in [3.63, 3.8) is 0 Å². The summed E-state index contributed by atoms with van der Waals surface area (Å²) in [5.74, 6) is -0.0726. The van der Waals surface area contributed by atoms with Gasteiger partial charge in [0.15, 0.2) is 11.5 Å². The van der Waals surface area contributed by atoms with Crippen molar-refractivity contribution in [2.24, 2.45) is 5.92 Å². The smallest absolute Gasteiger partial charge is 0.307 e. The third-order valence-electron chi connectivity index (χ3n) is 6.38. The Hall–Kier alpha value is -3.58. The molecule has 1 saturated heterocycles. The van der Waals surface area contributed by atoms with Crippen LogP contribution < -0.4 is 14.2 Å². The van der Waals surface area contributed by atoms with Gasteiger partial charge in [0.05, 0.1) is 26.2 Å². The Bertz CT molecular complexity index is 1110. The topological polar surface area (TPSA) is 68.2 Å². The fourth-order valence-corrected chi connectivity index (χ4v) is 4.63. The summed E-state index contributed by atoms with van der Waals surface area (Å²) < 4.78 is 31.2. The maximum absolute atomic E-state index is 13.7. The Labute approximate surface area is 204 Å². The van der Waals surface area contributed by atoms with Crippen LogP contribution in [0, 0.1) is 11.7 Å². The molecule has 184 valence electrons. The molecule has 6 nitrogen and oxygen atoms in total. The Morgan fingerprint density at radius 2 is 1.69 bits per heavy atom. The molecule has 1 heterocycles. The van der Waals surface area contributed by atoms with Crippen LogP contribution in [0.25, 0.3) is 0 Å². The van der Waals surface area contributed by atoms with Gasteiger partial charge in [-0.2, -0.15) is 0 Å². The van der Waals surface area contributed by atoms with Crippen molar-refractivity contribution in [1.82, 2.24) is 4.90 Å². The monoisotopic (exact) mass is 479 g/mol. The average molecular weight is 480 g/mol. The van der Waals surface area contributed by atoms with E-state index >= 15 is 0 Å². The normalized spacial score (nSPS) is 16.9. The number of hydrogen-bond acceptors (Lipinski definition) is 5. The van der Waals surface area contributed by atoms with E-state index in [0.29, 0.717) is 36.8 Å². The zero-order chi connectivity index (χ0) is 24.8. The van der Waals surface area contributed by atoms with Crippen molar-refractivity contribution in [2.45, 2.75) is 25.5 Å². The molecule has 4 rings (SSSR count). The lowest BCUT2D eigenvalue weighted by Gasteiger charge is -2.38. The van der Waals surface area contributed by atoms with Crippen LogP contribution >= 0.6 is 0 Å². The van der Waals surface area contributed by atoms with Crippen molar-refractivity contribution >= 4 is 5.97 Å². The van der Waals surface area contributed by atoms with Gasteiger partial charge in [-0.25, -0.2) is 4.39 Å². The molecule has 0 aliphatic carbocycles. The number of aliphatic carboxylic acids is 1. The van der Waals surface area contributed by atoms with E-state index in [1.165, 1.54) is 12.1 Å². The molecule has 0 saturated carbocycles. The summed E-state index contributed by atoms with van der Waals surface area (Å²) >= 11 is 0. The second-order valence-corrected chi connectivity index (χ2v) is 8.66. The van der Waals surface area contributed by atoms with Crippen LogP contribution in [0.1, 0.15) is 35.6 Å². The van der Waals surface area contributed by atoms with E-state index in [4.69, 9.17) is 14.2 Å². The van der Waals surface area contributed by atoms with E-state index in [1.807, 2.05) is 42.5 Å². The van der Waals surface area contributed by atoms with E-state index in [2.05, 4.69) is 4.90 Å². The molecule has 1 fully saturated rings. The van der Waals surface area contributed by atoms with Crippen LogP contribution in [-0.4, -0.2) is 43.3 Å². The fraction of sp³-hybridized carbons (Fsp3) is 0.321. The van der Waals surface area contributed by atoms with Crippen molar-refractivity contribution in [3.05, 3.63) is 89.2 Å². The Morgan fingerprint density at radius 3 is 2.29 bits per heavy atom. The molecule has 1 aliphatic rings. The first-order valence-corrected chi connectivity index (χ1v) is 11.6. The zero-order valence-electron chi connectivity index (χ0n) is 19.9. The summed E-state index contributed by atoms with van der Waals surface area (Å²) in [6.07, 6.45) is 1.40. The van der Waals surface area contributed by atoms with Gasteiger partial charge in [0.25, 0.3) is 0 Å². The lowest BCUT2D eigenvalue weighted by molar-refractivity contribution is -0.143. The maximum Gasteiger partial charge on any atom is 0.307 e. The first kappa shape index (κ1) is 24.5. The minimum atomic E-state index is -0.799. The minimum absolute atomic E-state index is 0.302. The molecule has 0 aromatic heterocycles. The van der Waals surface area contributed by atoms with E-state index in [0.717, 1.165) is 29.7 Å². The second-order valence-electron chi connectivity index (χ2n) is 8.66. The number of halogens is 1. The van der Waals surface area contributed by atoms with Gasteiger partial charge in [-0.15, -0.1) is 0 Å². The molecule has 0 spiro atoms. The van der Waals surface area contributed by atoms with Crippen molar-refractivity contribution in [1.29, 1.82) is 0 Å². The van der Waals surface area contributed by atoms with Crippen LogP contribution in [0.5, 0.6) is 17.2 Å². The molecule has 3 aromatic rings. The molecule has 2 unspecified atom stereocenters. The molecule has 35 heavy (non-hydrogen) atoms. The Kier molecular flexibility index (Phi) is 7.87. The van der Waals surface area contributed by atoms with Gasteiger partial charge in [-0.05, 0) is 60.3 Å². The maximum atomic E-state index is 13.7. The lowest BCUT2D eigenvalue weighted by atomic mass is 9.91. The summed E-state index contributed by atoms with van der Waals surface area (Å²) in [5, 5.41) is 9.64. The Morgan fingerprint density at radius 1 is 1.03 bits per heavy atom. The quantitative estimate of drug-likeness (QED) is 0.449. The van der Waals surface area contributed by atoms with Crippen molar-refractivity contribution < 1.29 is 28.5 Å². The highest BCUT2D eigenvalue weighted by atomic mass is 19.1. The van der Waals surface area contributed by atoms with Crippen molar-refractivity contribution in [3.8, 4) is 17.2 Å². The SMILES string of the molecule is COc1cc(C(c2ccc(F)cc2)N2CCCC(C(=O)O)C2)cc(OC)c1OCc1ccccc1. The predicted octanol–water partition coefficient (Wildman–Crippen LogP) is 5.31. The van der Waals surface area contributed by atoms with Crippen molar-refractivity contribution in [2.75, 3.05) is 27.3 Å². The standard InChI is InChI=1S/C28H30FNO5/c1-33-24-15-22(16-25(34-2)27(24)35-18-19-7-4-3-5-8-19)26(20-10-12-23(29)13-11-20)30-14-6-9-21(17-30)28(31)32/h3-5,7-8,10-13,15-16,21,26H,6,9,14,17-18H2,1-2H3,(H,31,32). The summed E-state index contributed by atoms with van der Waals surface area (Å²) in [5.41, 5.74) is 2.72. The van der Waals surface area contributed by atoms with Gasteiger partial charge in [-0.3, -0.25) is 9.69 Å². The number of benzene rings is 3. The summed E-state index contributed by atoms with van der Waals surface area (Å²) in [6.45, 7) is 1.47. The molecule has 2 atom stereocenters. The highest BCUT2D eigenvalue weighted by molar-refractivity contribution is 5.70. The van der Waals surface area contributed by atoms with Crippen LogP contribution in [-0.2, 0) is 11.4 Å². The van der Waals surface area contributed by atoms with E-state index in [-0.39, 0.29) is 11.9 Å². The number of ether oxygens (including phenoxy) is 3. The third-order valence-corrected chi connectivity index (χ3v) is 6.38. The zero-order valence-corrected chi connectivity index (χ0v) is 19.9. The van der Waals surface area contributed by atoms with Crippen LogP contribution in [0.15, 0.2) is 66.7 Å². The first-order valence-electron chi connectivity index (χ1n) is 11.6. The van der Waals surface area contributed by atoms with Gasteiger partial charge in [-0.1, -0.05) is 42.5 Å². The number of rotatable bonds is 9. The number of hydrogen-bond donors (Lipinski definition) is 1. The number of carboxylic acids is 1. The first-order chi connectivity index (χ1) is 17.0. The largest absolute Gasteiger partial charge is 0.493 e. The van der Waals surface area contributed by atoms with E-state index < -0.39 is 11.9 Å². The van der Waals surface area contributed by atoms with Gasteiger partial charge < -0.3 is 19.3 Å². The highest BCUT2D eigenvalue weighted by Crippen LogP contribution is 2.43. The molecule has 1 N–H and O–H groups in total. The summed E-state index contributed by atoms with van der Waals surface area (Å²) in [6, 6.07) is 19.6. The molecule has 0 bridgehead atoms. The predicted molar refractivity (Wildman–Crippen MR) is 130 cm³/mol. The second kappa shape index (κ2) is 11.2. The average Bonchev–Trinajstić information content (AvgIpc) is 2.89. The van der Waals surface area contributed by atoms with Gasteiger partial charge in [0, 0.05) is 6.54 Å². The third kappa shape index (κ3) is 5.74. The number of carbonyl (C=O) groups is 1. The van der Waals surface area contributed by atoms with E-state index in [1.54, 1.807) is 26.4 Å². The molecule has 1 aliphatic heterocycles. The number of piperidine rings is 1. The van der Waals surface area contributed by atoms with Gasteiger partial charge in [0.1, 0.15) is 12.4 Å². The number of carboxylic acid groups (broad SMARTS) is 1. The van der Waals surface area contributed by atoms with Gasteiger partial charge >= 0.3 is 5.97 Å². The highest BCUT2D eigenvalue weighted by Gasteiger charge is 2.32. The molecular weight excluding hydrogens is 449 g/mol. The number of methoxy groups -OCH3 is 2. The molecule has 3 aromatic carbocycles.